The summed E-state index contributed by atoms with van der Waals surface area (Å²) in [5.74, 6) is 0.219. The van der Waals surface area contributed by atoms with Crippen molar-refractivity contribution in [1.29, 1.82) is 0 Å². The van der Waals surface area contributed by atoms with Gasteiger partial charge in [0.1, 0.15) is 5.78 Å². The van der Waals surface area contributed by atoms with E-state index >= 15 is 0 Å². The van der Waals surface area contributed by atoms with Crippen LogP contribution in [0.3, 0.4) is 0 Å². The third-order valence-corrected chi connectivity index (χ3v) is 2.98. The Morgan fingerprint density at radius 2 is 1.62 bits per heavy atom. The summed E-state index contributed by atoms with van der Waals surface area (Å²) in [5.41, 5.74) is -0.323. The van der Waals surface area contributed by atoms with Crippen LogP contribution < -0.4 is 5.32 Å². The van der Waals surface area contributed by atoms with Crippen molar-refractivity contribution in [3.8, 4) is 0 Å². The van der Waals surface area contributed by atoms with Gasteiger partial charge in [0.15, 0.2) is 0 Å². The average Bonchev–Trinajstić information content (AvgIpc) is 2.03. The summed E-state index contributed by atoms with van der Waals surface area (Å²) in [6, 6.07) is 0. The van der Waals surface area contributed by atoms with Crippen LogP contribution in [-0.4, -0.2) is 16.9 Å². The van der Waals surface area contributed by atoms with Gasteiger partial charge in [-0.3, -0.25) is 4.79 Å². The van der Waals surface area contributed by atoms with Gasteiger partial charge in [0.2, 0.25) is 0 Å². The average molecular weight is 185 g/mol. The number of ketones is 1. The zero-order chi connectivity index (χ0) is 10.7. The summed E-state index contributed by atoms with van der Waals surface area (Å²) in [5, 5.41) is 3.42. The van der Waals surface area contributed by atoms with Crippen LogP contribution in [0.4, 0.5) is 0 Å². The van der Waals surface area contributed by atoms with Crippen LogP contribution >= 0.6 is 0 Å². The molecule has 0 fully saturated rings. The normalized spacial score (nSPS) is 16.8. The lowest BCUT2D eigenvalue weighted by molar-refractivity contribution is -0.123. The second-order valence-corrected chi connectivity index (χ2v) is 4.60. The fourth-order valence-corrected chi connectivity index (χ4v) is 1.26. The number of hydrogen-bond acceptors (Lipinski definition) is 2. The van der Waals surface area contributed by atoms with E-state index in [1.807, 2.05) is 13.8 Å². The van der Waals surface area contributed by atoms with Gasteiger partial charge in [0.25, 0.3) is 0 Å². The van der Waals surface area contributed by atoms with Gasteiger partial charge < -0.3 is 5.32 Å². The molecule has 2 nitrogen and oxygen atoms in total. The van der Waals surface area contributed by atoms with Gasteiger partial charge in [0, 0.05) is 5.54 Å². The quantitative estimate of drug-likeness (QED) is 0.713. The fourth-order valence-electron chi connectivity index (χ4n) is 1.26. The van der Waals surface area contributed by atoms with Crippen molar-refractivity contribution in [2.24, 2.45) is 0 Å². The second-order valence-electron chi connectivity index (χ2n) is 4.60. The van der Waals surface area contributed by atoms with Crippen LogP contribution in [0.25, 0.3) is 0 Å². The van der Waals surface area contributed by atoms with Crippen molar-refractivity contribution in [3.05, 3.63) is 0 Å². The molecule has 0 aromatic rings. The first kappa shape index (κ1) is 12.6. The maximum Gasteiger partial charge on any atom is 0.149 e. The second kappa shape index (κ2) is 4.23. The molecular weight excluding hydrogens is 162 g/mol. The summed E-state index contributed by atoms with van der Waals surface area (Å²) >= 11 is 0. The maximum atomic E-state index is 11.4. The minimum Gasteiger partial charge on any atom is -0.300 e. The summed E-state index contributed by atoms with van der Waals surface area (Å²) in [4.78, 5) is 11.4. The minimum atomic E-state index is -0.362. The summed E-state index contributed by atoms with van der Waals surface area (Å²) in [6.07, 6.45) is 1.86. The van der Waals surface area contributed by atoms with E-state index in [2.05, 4.69) is 26.1 Å². The minimum absolute atomic E-state index is 0.0381. The third kappa shape index (κ3) is 3.47. The molecule has 1 atom stereocenters. The molecule has 0 aromatic heterocycles. The molecule has 1 unspecified atom stereocenters. The van der Waals surface area contributed by atoms with E-state index < -0.39 is 0 Å². The Bertz CT molecular complexity index is 187. The number of carbonyl (C=O) groups excluding carboxylic acids is 1. The van der Waals surface area contributed by atoms with E-state index in [9.17, 15) is 4.79 Å². The molecule has 0 bridgehead atoms. The number of Topliss-reactive ketones (excluding diaryl/α,β-unsaturated/α-hetero) is 1. The Balaban J connectivity index is 4.54. The highest BCUT2D eigenvalue weighted by molar-refractivity contribution is 5.85. The molecule has 0 saturated carbocycles. The maximum absolute atomic E-state index is 11.4. The first-order chi connectivity index (χ1) is 5.77. The van der Waals surface area contributed by atoms with Gasteiger partial charge in [-0.25, -0.2) is 0 Å². The Hall–Kier alpha value is -0.370. The lowest BCUT2D eigenvalue weighted by Crippen LogP contribution is -2.56. The van der Waals surface area contributed by atoms with E-state index in [-0.39, 0.29) is 16.9 Å². The van der Waals surface area contributed by atoms with Crippen LogP contribution in [0.2, 0.25) is 0 Å². The zero-order valence-electron chi connectivity index (χ0n) is 9.82. The van der Waals surface area contributed by atoms with Gasteiger partial charge in [-0.2, -0.15) is 0 Å². The van der Waals surface area contributed by atoms with Gasteiger partial charge in [0.05, 0.1) is 5.54 Å². The van der Waals surface area contributed by atoms with Crippen molar-refractivity contribution < 1.29 is 4.79 Å². The highest BCUT2D eigenvalue weighted by Gasteiger charge is 2.32. The first-order valence-electron chi connectivity index (χ1n) is 5.08. The standard InChI is InChI=1S/C11H23NO/c1-7-10(4,5)12-11(6,8-2)9(3)13/h12H,7-8H2,1-6H3. The van der Waals surface area contributed by atoms with E-state index in [0.717, 1.165) is 12.8 Å². The first-order valence-corrected chi connectivity index (χ1v) is 5.08. The summed E-state index contributed by atoms with van der Waals surface area (Å²) in [6.45, 7) is 12.1. The highest BCUT2D eigenvalue weighted by Crippen LogP contribution is 2.18. The van der Waals surface area contributed by atoms with Gasteiger partial charge >= 0.3 is 0 Å². The van der Waals surface area contributed by atoms with Crippen molar-refractivity contribution >= 4 is 5.78 Å². The van der Waals surface area contributed by atoms with Gasteiger partial charge in [-0.15, -0.1) is 0 Å². The zero-order valence-corrected chi connectivity index (χ0v) is 9.82. The van der Waals surface area contributed by atoms with E-state index in [0.29, 0.717) is 0 Å². The lowest BCUT2D eigenvalue weighted by Gasteiger charge is -2.37. The Kier molecular flexibility index (Phi) is 4.11. The molecule has 78 valence electrons. The van der Waals surface area contributed by atoms with Crippen LogP contribution in [0.15, 0.2) is 0 Å². The smallest absolute Gasteiger partial charge is 0.149 e. The summed E-state index contributed by atoms with van der Waals surface area (Å²) < 4.78 is 0. The Morgan fingerprint density at radius 1 is 1.15 bits per heavy atom. The molecule has 1 N–H and O–H groups in total. The Morgan fingerprint density at radius 3 is 1.85 bits per heavy atom. The largest absolute Gasteiger partial charge is 0.300 e. The van der Waals surface area contributed by atoms with Crippen molar-refractivity contribution in [3.63, 3.8) is 0 Å². The fraction of sp³-hybridized carbons (Fsp3) is 0.909. The molecular formula is C11H23NO. The number of hydrogen-bond donors (Lipinski definition) is 1. The number of nitrogens with one attached hydrogen (secondary N) is 1. The van der Waals surface area contributed by atoms with Crippen LogP contribution in [0.1, 0.15) is 54.4 Å². The van der Waals surface area contributed by atoms with Gasteiger partial charge in [-0.05, 0) is 40.5 Å². The lowest BCUT2D eigenvalue weighted by atomic mass is 9.89. The van der Waals surface area contributed by atoms with E-state index in [1.54, 1.807) is 6.92 Å². The van der Waals surface area contributed by atoms with Crippen molar-refractivity contribution in [2.45, 2.75) is 65.5 Å². The van der Waals surface area contributed by atoms with E-state index in [4.69, 9.17) is 0 Å². The van der Waals surface area contributed by atoms with Crippen LogP contribution in [-0.2, 0) is 4.79 Å². The Labute approximate surface area is 82.1 Å². The van der Waals surface area contributed by atoms with Crippen LogP contribution in [0.5, 0.6) is 0 Å². The summed E-state index contributed by atoms with van der Waals surface area (Å²) in [7, 11) is 0. The van der Waals surface area contributed by atoms with Crippen LogP contribution in [0, 0.1) is 0 Å². The highest BCUT2D eigenvalue weighted by atomic mass is 16.1. The van der Waals surface area contributed by atoms with Gasteiger partial charge in [-0.1, -0.05) is 13.8 Å². The molecule has 0 spiro atoms. The molecule has 13 heavy (non-hydrogen) atoms. The molecule has 0 aliphatic rings. The molecule has 0 saturated heterocycles. The number of carbonyl (C=O) groups is 1. The molecule has 0 heterocycles. The topological polar surface area (TPSA) is 29.1 Å². The molecule has 0 aliphatic carbocycles. The predicted octanol–water partition coefficient (Wildman–Crippen LogP) is 2.52. The molecule has 0 aromatic carbocycles. The number of rotatable bonds is 5. The third-order valence-electron chi connectivity index (χ3n) is 2.98. The van der Waals surface area contributed by atoms with E-state index in [1.165, 1.54) is 0 Å². The van der Waals surface area contributed by atoms with Crippen molar-refractivity contribution in [1.82, 2.24) is 5.32 Å². The molecule has 0 radical (unpaired) electrons. The monoisotopic (exact) mass is 185 g/mol. The molecule has 2 heteroatoms. The molecule has 0 amide bonds. The molecule has 0 rings (SSSR count). The van der Waals surface area contributed by atoms with Crippen molar-refractivity contribution in [2.75, 3.05) is 0 Å². The SMILES string of the molecule is CCC(C)(C)NC(C)(CC)C(C)=O. The molecule has 0 aliphatic heterocycles. The predicted molar refractivity (Wildman–Crippen MR) is 56.9 cm³/mol.